The van der Waals surface area contributed by atoms with E-state index in [9.17, 15) is 4.79 Å². The number of aromatic nitrogens is 3. The molecule has 182 valence electrons. The number of ether oxygens (including phenoxy) is 1. The predicted molar refractivity (Wildman–Crippen MR) is 139 cm³/mol. The molecule has 3 aromatic rings. The zero-order valence-electron chi connectivity index (χ0n) is 19.8. The first-order valence-electron chi connectivity index (χ1n) is 11.5. The Morgan fingerprint density at radius 1 is 1.31 bits per heavy atom. The number of piperazine rings is 1. The zero-order valence-corrected chi connectivity index (χ0v) is 19.8. The molecule has 3 heterocycles. The van der Waals surface area contributed by atoms with Crippen molar-refractivity contribution < 1.29 is 9.53 Å². The van der Waals surface area contributed by atoms with Crippen molar-refractivity contribution in [3.8, 4) is 11.1 Å². The summed E-state index contributed by atoms with van der Waals surface area (Å²) in [5.41, 5.74) is 10.9. The van der Waals surface area contributed by atoms with Gasteiger partial charge in [0.2, 0.25) is 5.95 Å². The number of aliphatic imine (C=N–C) groups is 1. The summed E-state index contributed by atoms with van der Waals surface area (Å²) in [6.07, 6.45) is 5.88. The van der Waals surface area contributed by atoms with Crippen LogP contribution in [0.15, 0.2) is 54.3 Å². The second-order valence-electron chi connectivity index (χ2n) is 8.02. The number of anilines is 1. The van der Waals surface area contributed by atoms with Crippen molar-refractivity contribution >= 4 is 35.0 Å². The van der Waals surface area contributed by atoms with E-state index in [1.165, 1.54) is 6.20 Å². The SMILES string of the molecule is C=C(/N=C\C=C/N)c1cc(-c2ccc(CN3CCNCC3)nc2)cc2nc(NC(=O)OCC)[nH]c12. The number of pyridine rings is 1. The van der Waals surface area contributed by atoms with Crippen molar-refractivity contribution in [1.29, 1.82) is 0 Å². The van der Waals surface area contributed by atoms with Gasteiger partial charge in [0, 0.05) is 56.3 Å². The molecule has 1 amide bonds. The molecule has 1 aromatic carbocycles. The van der Waals surface area contributed by atoms with Crippen LogP contribution in [0.1, 0.15) is 18.2 Å². The maximum Gasteiger partial charge on any atom is 0.413 e. The van der Waals surface area contributed by atoms with Gasteiger partial charge in [-0.1, -0.05) is 12.6 Å². The van der Waals surface area contributed by atoms with Gasteiger partial charge in [-0.05, 0) is 43.0 Å². The normalized spacial score (nSPS) is 14.7. The number of nitrogens with two attached hydrogens (primary N) is 1. The van der Waals surface area contributed by atoms with E-state index in [1.54, 1.807) is 19.2 Å². The summed E-state index contributed by atoms with van der Waals surface area (Å²) in [5.74, 6) is 0.278. The van der Waals surface area contributed by atoms with E-state index in [0.717, 1.165) is 55.1 Å². The van der Waals surface area contributed by atoms with E-state index in [-0.39, 0.29) is 12.6 Å². The summed E-state index contributed by atoms with van der Waals surface area (Å²) in [4.78, 5) is 31.0. The standard InChI is InChI=1S/C25H30N8O2/c1-3-35-25(34)32-24-30-22-14-19(13-21(23(22)31-24)17(2)28-8-4-7-26)18-5-6-20(29-15-18)16-33-11-9-27-10-12-33/h4-8,13-15,27H,2-3,9-12,16,26H2,1H3,(H2,30,31,32,34)/b7-4-,28-8-. The van der Waals surface area contributed by atoms with Gasteiger partial charge in [0.1, 0.15) is 0 Å². The Hall–Kier alpha value is -4.02. The van der Waals surface area contributed by atoms with Crippen LogP contribution in [0.4, 0.5) is 10.7 Å². The lowest BCUT2D eigenvalue weighted by Gasteiger charge is -2.26. The molecule has 0 saturated carbocycles. The van der Waals surface area contributed by atoms with E-state index < -0.39 is 6.09 Å². The molecule has 0 spiro atoms. The lowest BCUT2D eigenvalue weighted by Crippen LogP contribution is -2.43. The third-order valence-corrected chi connectivity index (χ3v) is 5.58. The molecule has 35 heavy (non-hydrogen) atoms. The molecule has 10 heteroatoms. The summed E-state index contributed by atoms with van der Waals surface area (Å²) in [5, 5.41) is 5.98. The summed E-state index contributed by atoms with van der Waals surface area (Å²) >= 11 is 0. The van der Waals surface area contributed by atoms with Crippen LogP contribution >= 0.6 is 0 Å². The number of carbonyl (C=O) groups is 1. The van der Waals surface area contributed by atoms with Crippen LogP contribution in [0.5, 0.6) is 0 Å². The first kappa shape index (κ1) is 24.1. The Bertz CT molecular complexity index is 1240. The monoisotopic (exact) mass is 474 g/mol. The van der Waals surface area contributed by atoms with E-state index in [1.807, 2.05) is 18.3 Å². The average molecular weight is 475 g/mol. The van der Waals surface area contributed by atoms with Crippen LogP contribution in [-0.2, 0) is 11.3 Å². The van der Waals surface area contributed by atoms with Gasteiger partial charge in [0.15, 0.2) is 0 Å². The highest BCUT2D eigenvalue weighted by atomic mass is 16.5. The molecule has 4 rings (SSSR count). The molecule has 2 aromatic heterocycles. The van der Waals surface area contributed by atoms with Crippen molar-refractivity contribution in [3.63, 3.8) is 0 Å². The fourth-order valence-corrected chi connectivity index (χ4v) is 3.87. The number of rotatable bonds is 8. The highest BCUT2D eigenvalue weighted by Crippen LogP contribution is 2.31. The number of fused-ring (bicyclic) bond motifs is 1. The quantitative estimate of drug-likeness (QED) is 0.369. The second kappa shape index (κ2) is 11.4. The van der Waals surface area contributed by atoms with Gasteiger partial charge in [0.05, 0.1) is 29.0 Å². The van der Waals surface area contributed by atoms with Crippen LogP contribution in [0.3, 0.4) is 0 Å². The Labute approximate surface area is 204 Å². The average Bonchev–Trinajstić information content (AvgIpc) is 3.27. The third kappa shape index (κ3) is 6.11. The number of carbonyl (C=O) groups excluding carboxylic acids is 1. The molecule has 1 aliphatic rings. The molecule has 0 unspecified atom stereocenters. The topological polar surface area (TPSA) is 134 Å². The van der Waals surface area contributed by atoms with Crippen molar-refractivity contribution in [1.82, 2.24) is 25.2 Å². The van der Waals surface area contributed by atoms with Gasteiger partial charge in [-0.25, -0.2) is 9.78 Å². The number of hydrogen-bond acceptors (Lipinski definition) is 8. The summed E-state index contributed by atoms with van der Waals surface area (Å²) < 4.78 is 4.96. The lowest BCUT2D eigenvalue weighted by atomic mass is 10.0. The molecule has 0 atom stereocenters. The Kier molecular flexibility index (Phi) is 7.86. The van der Waals surface area contributed by atoms with Crippen LogP contribution in [-0.4, -0.2) is 64.9 Å². The van der Waals surface area contributed by atoms with Crippen LogP contribution < -0.4 is 16.4 Å². The fraction of sp³-hybridized carbons (Fsp3) is 0.280. The molecule has 0 bridgehead atoms. The number of imidazole rings is 1. The largest absolute Gasteiger partial charge is 0.450 e. The number of aromatic amines is 1. The van der Waals surface area contributed by atoms with Crippen molar-refractivity contribution in [2.24, 2.45) is 10.7 Å². The van der Waals surface area contributed by atoms with Gasteiger partial charge in [-0.3, -0.25) is 20.2 Å². The molecule has 1 aliphatic heterocycles. The van der Waals surface area contributed by atoms with Gasteiger partial charge < -0.3 is 20.8 Å². The molecule has 10 nitrogen and oxygen atoms in total. The molecular weight excluding hydrogens is 444 g/mol. The Morgan fingerprint density at radius 3 is 2.86 bits per heavy atom. The third-order valence-electron chi connectivity index (χ3n) is 5.58. The van der Waals surface area contributed by atoms with E-state index >= 15 is 0 Å². The van der Waals surface area contributed by atoms with E-state index in [4.69, 9.17) is 15.5 Å². The van der Waals surface area contributed by atoms with Gasteiger partial charge in [-0.15, -0.1) is 0 Å². The van der Waals surface area contributed by atoms with Crippen molar-refractivity contribution in [3.05, 3.63) is 60.6 Å². The summed E-state index contributed by atoms with van der Waals surface area (Å²) in [6.45, 7) is 11.0. The second-order valence-corrected chi connectivity index (χ2v) is 8.02. The Balaban J connectivity index is 1.66. The number of amides is 1. The van der Waals surface area contributed by atoms with Crippen molar-refractivity contribution in [2.75, 3.05) is 38.1 Å². The minimum Gasteiger partial charge on any atom is -0.450 e. The fourth-order valence-electron chi connectivity index (χ4n) is 3.87. The van der Waals surface area contributed by atoms with Crippen LogP contribution in [0, 0.1) is 0 Å². The molecule has 5 N–H and O–H groups in total. The number of hydrogen-bond donors (Lipinski definition) is 4. The van der Waals surface area contributed by atoms with Crippen molar-refractivity contribution in [2.45, 2.75) is 13.5 Å². The maximum absolute atomic E-state index is 11.9. The zero-order chi connectivity index (χ0) is 24.6. The molecule has 0 radical (unpaired) electrons. The number of allylic oxidation sites excluding steroid dienone is 1. The Morgan fingerprint density at radius 2 is 2.14 bits per heavy atom. The number of nitrogens with zero attached hydrogens (tertiary/aromatic N) is 4. The minimum atomic E-state index is -0.581. The predicted octanol–water partition coefficient (Wildman–Crippen LogP) is 3.11. The van der Waals surface area contributed by atoms with Crippen LogP contribution in [0.25, 0.3) is 27.9 Å². The molecule has 1 fully saturated rings. The molecule has 0 aliphatic carbocycles. The minimum absolute atomic E-state index is 0.263. The van der Waals surface area contributed by atoms with Gasteiger partial charge >= 0.3 is 6.09 Å². The lowest BCUT2D eigenvalue weighted by molar-refractivity contribution is 0.167. The van der Waals surface area contributed by atoms with Crippen LogP contribution in [0.2, 0.25) is 0 Å². The van der Waals surface area contributed by atoms with Gasteiger partial charge in [0.25, 0.3) is 0 Å². The first-order valence-corrected chi connectivity index (χ1v) is 11.5. The summed E-state index contributed by atoms with van der Waals surface area (Å²) in [7, 11) is 0. The van der Waals surface area contributed by atoms with E-state index in [2.05, 4.69) is 49.2 Å². The van der Waals surface area contributed by atoms with Gasteiger partial charge in [-0.2, -0.15) is 0 Å². The molecular formula is C25H30N8O2. The summed E-state index contributed by atoms with van der Waals surface area (Å²) in [6, 6.07) is 8.03. The number of H-pyrrole nitrogens is 1. The number of benzene rings is 1. The molecule has 1 saturated heterocycles. The number of nitrogens with one attached hydrogen (secondary N) is 3. The maximum atomic E-state index is 11.9. The van der Waals surface area contributed by atoms with E-state index in [0.29, 0.717) is 16.7 Å². The first-order chi connectivity index (χ1) is 17.1. The smallest absolute Gasteiger partial charge is 0.413 e. The highest BCUT2D eigenvalue weighted by Gasteiger charge is 2.15. The highest BCUT2D eigenvalue weighted by molar-refractivity contribution is 5.96.